The highest BCUT2D eigenvalue weighted by atomic mass is 32.2. The van der Waals surface area contributed by atoms with Gasteiger partial charge in [0.15, 0.2) is 0 Å². The van der Waals surface area contributed by atoms with E-state index in [2.05, 4.69) is 0 Å². The smallest absolute Gasteiger partial charge is 0.214 e. The zero-order valence-electron chi connectivity index (χ0n) is 9.73. The minimum absolute atomic E-state index is 0.179. The van der Waals surface area contributed by atoms with Gasteiger partial charge in [-0.3, -0.25) is 0 Å². The third-order valence-corrected chi connectivity index (χ3v) is 4.52. The van der Waals surface area contributed by atoms with Crippen molar-refractivity contribution in [3.63, 3.8) is 0 Å². The van der Waals surface area contributed by atoms with Crippen molar-refractivity contribution in [1.82, 2.24) is 4.31 Å². The Hall–Kier alpha value is -0.130. The molecule has 0 atom stereocenters. The van der Waals surface area contributed by atoms with Gasteiger partial charge in [0.25, 0.3) is 0 Å². The van der Waals surface area contributed by atoms with Crippen molar-refractivity contribution < 1.29 is 13.5 Å². The molecule has 0 bridgehead atoms. The van der Waals surface area contributed by atoms with Crippen molar-refractivity contribution in [2.24, 2.45) is 5.92 Å². The van der Waals surface area contributed by atoms with Gasteiger partial charge < -0.3 is 5.11 Å². The molecule has 0 amide bonds. The van der Waals surface area contributed by atoms with E-state index >= 15 is 0 Å². The lowest BCUT2D eigenvalue weighted by Gasteiger charge is -2.27. The van der Waals surface area contributed by atoms with E-state index in [1.807, 2.05) is 0 Å². The van der Waals surface area contributed by atoms with E-state index in [4.69, 9.17) is 0 Å². The number of nitrogens with zero attached hydrogens (tertiary/aromatic N) is 1. The molecule has 1 aliphatic rings. The van der Waals surface area contributed by atoms with Crippen molar-refractivity contribution in [3.8, 4) is 0 Å². The minimum Gasteiger partial charge on any atom is -0.389 e. The molecule has 1 N–H and O–H groups in total. The molecule has 0 unspecified atom stereocenters. The topological polar surface area (TPSA) is 57.6 Å². The fourth-order valence-electron chi connectivity index (χ4n) is 1.53. The summed E-state index contributed by atoms with van der Waals surface area (Å²) in [6, 6.07) is 0. The van der Waals surface area contributed by atoms with Gasteiger partial charge in [-0.25, -0.2) is 8.42 Å². The Morgan fingerprint density at radius 2 is 1.93 bits per heavy atom. The first kappa shape index (κ1) is 12.9. The van der Waals surface area contributed by atoms with Crippen molar-refractivity contribution in [1.29, 1.82) is 0 Å². The number of rotatable bonds is 6. The Bertz CT molecular complexity index is 301. The van der Waals surface area contributed by atoms with E-state index in [0.717, 1.165) is 12.8 Å². The molecule has 0 saturated heterocycles. The second-order valence-electron chi connectivity index (χ2n) is 4.96. The normalized spacial score (nSPS) is 18.5. The van der Waals surface area contributed by atoms with Crippen molar-refractivity contribution in [3.05, 3.63) is 0 Å². The van der Waals surface area contributed by atoms with Gasteiger partial charge in [-0.15, -0.1) is 0 Å². The third kappa shape index (κ3) is 4.49. The fraction of sp³-hybridized carbons (Fsp3) is 1.00. The first-order valence-electron chi connectivity index (χ1n) is 5.45. The molecule has 15 heavy (non-hydrogen) atoms. The molecule has 0 aliphatic heterocycles. The molecule has 0 spiro atoms. The summed E-state index contributed by atoms with van der Waals surface area (Å²) >= 11 is 0. The molecule has 90 valence electrons. The lowest BCUT2D eigenvalue weighted by atomic mass is 10.1. The Labute approximate surface area is 92.3 Å². The van der Waals surface area contributed by atoms with Crippen LogP contribution < -0.4 is 0 Å². The van der Waals surface area contributed by atoms with Gasteiger partial charge in [-0.2, -0.15) is 4.31 Å². The second-order valence-corrected chi connectivity index (χ2v) is 6.97. The van der Waals surface area contributed by atoms with Crippen LogP contribution in [0.3, 0.4) is 0 Å². The average molecular weight is 235 g/mol. The Morgan fingerprint density at radius 1 is 1.40 bits per heavy atom. The molecule has 0 aromatic carbocycles. The highest BCUT2D eigenvalue weighted by Gasteiger charge is 2.33. The quantitative estimate of drug-likeness (QED) is 0.741. The highest BCUT2D eigenvalue weighted by molar-refractivity contribution is 7.89. The van der Waals surface area contributed by atoms with Crippen LogP contribution in [0.15, 0.2) is 0 Å². The van der Waals surface area contributed by atoms with Crippen molar-refractivity contribution in [2.45, 2.75) is 39.2 Å². The summed E-state index contributed by atoms with van der Waals surface area (Å²) in [6.45, 7) is 5.67. The van der Waals surface area contributed by atoms with Gasteiger partial charge in [-0.05, 0) is 32.6 Å². The first-order chi connectivity index (χ1) is 6.74. The van der Waals surface area contributed by atoms with Crippen LogP contribution in [-0.4, -0.2) is 42.3 Å². The van der Waals surface area contributed by atoms with Crippen LogP contribution in [0.2, 0.25) is 0 Å². The molecular weight excluding hydrogens is 214 g/mol. The zero-order chi connectivity index (χ0) is 11.7. The number of hydrogen-bond donors (Lipinski definition) is 1. The predicted octanol–water partition coefficient (Wildman–Crippen LogP) is 0.819. The van der Waals surface area contributed by atoms with Crippen molar-refractivity contribution >= 4 is 10.0 Å². The monoisotopic (exact) mass is 235 g/mol. The molecule has 4 nitrogen and oxygen atoms in total. The summed E-state index contributed by atoms with van der Waals surface area (Å²) in [4.78, 5) is 0. The third-order valence-electron chi connectivity index (χ3n) is 2.45. The van der Waals surface area contributed by atoms with Crippen LogP contribution in [0.5, 0.6) is 0 Å². The van der Waals surface area contributed by atoms with Gasteiger partial charge in [0, 0.05) is 13.1 Å². The van der Waals surface area contributed by atoms with Gasteiger partial charge in [0.1, 0.15) is 0 Å². The Morgan fingerprint density at radius 3 is 2.27 bits per heavy atom. The summed E-state index contributed by atoms with van der Waals surface area (Å²) in [7, 11) is -3.17. The SMILES string of the molecule is CCN(CC(C)(C)O)S(=O)(=O)CC1CC1. The van der Waals surface area contributed by atoms with Gasteiger partial charge >= 0.3 is 0 Å². The van der Waals surface area contributed by atoms with Crippen LogP contribution in [0.1, 0.15) is 33.6 Å². The molecule has 1 saturated carbocycles. The van der Waals surface area contributed by atoms with E-state index in [9.17, 15) is 13.5 Å². The van der Waals surface area contributed by atoms with Gasteiger partial charge in [0.05, 0.1) is 11.4 Å². The number of likely N-dealkylation sites (N-methyl/N-ethyl adjacent to an activating group) is 1. The molecule has 0 heterocycles. The van der Waals surface area contributed by atoms with Crippen LogP contribution >= 0.6 is 0 Å². The number of sulfonamides is 1. The second kappa shape index (κ2) is 4.39. The lowest BCUT2D eigenvalue weighted by molar-refractivity contribution is 0.0601. The average Bonchev–Trinajstić information content (AvgIpc) is 2.81. The van der Waals surface area contributed by atoms with Gasteiger partial charge in [-0.1, -0.05) is 6.92 Å². The van der Waals surface area contributed by atoms with Crippen LogP contribution in [0, 0.1) is 5.92 Å². The van der Waals surface area contributed by atoms with Gasteiger partial charge in [0.2, 0.25) is 10.0 Å². The summed E-state index contributed by atoms with van der Waals surface area (Å²) in [6.07, 6.45) is 2.05. The molecule has 0 aromatic heterocycles. The molecule has 1 aliphatic carbocycles. The molecule has 1 fully saturated rings. The highest BCUT2D eigenvalue weighted by Crippen LogP contribution is 2.31. The first-order valence-corrected chi connectivity index (χ1v) is 7.06. The number of hydrogen-bond acceptors (Lipinski definition) is 3. The van der Waals surface area contributed by atoms with Crippen molar-refractivity contribution in [2.75, 3.05) is 18.8 Å². The predicted molar refractivity (Wildman–Crippen MR) is 60.1 cm³/mol. The molecule has 5 heteroatoms. The maximum absolute atomic E-state index is 11.9. The Balaban J connectivity index is 2.63. The van der Waals surface area contributed by atoms with Crippen LogP contribution in [0.4, 0.5) is 0 Å². The summed E-state index contributed by atoms with van der Waals surface area (Å²) in [5, 5.41) is 9.63. The van der Waals surface area contributed by atoms with E-state index in [-0.39, 0.29) is 12.3 Å². The molecule has 0 radical (unpaired) electrons. The molecular formula is C10H21NO3S. The molecule has 1 rings (SSSR count). The zero-order valence-corrected chi connectivity index (χ0v) is 10.5. The van der Waals surface area contributed by atoms with Crippen LogP contribution in [0.25, 0.3) is 0 Å². The summed E-state index contributed by atoms with van der Waals surface area (Å²) in [5.74, 6) is 0.600. The molecule has 0 aromatic rings. The fourth-order valence-corrected chi connectivity index (χ4v) is 3.57. The lowest BCUT2D eigenvalue weighted by Crippen LogP contribution is -2.43. The summed E-state index contributed by atoms with van der Waals surface area (Å²) < 4.78 is 25.2. The van der Waals surface area contributed by atoms with Crippen LogP contribution in [-0.2, 0) is 10.0 Å². The summed E-state index contributed by atoms with van der Waals surface area (Å²) in [5.41, 5.74) is -0.966. The maximum Gasteiger partial charge on any atom is 0.214 e. The minimum atomic E-state index is -3.17. The Kier molecular flexibility index (Phi) is 3.79. The number of aliphatic hydroxyl groups is 1. The van der Waals surface area contributed by atoms with E-state index in [1.165, 1.54) is 4.31 Å². The van der Waals surface area contributed by atoms with E-state index in [0.29, 0.717) is 12.5 Å². The maximum atomic E-state index is 11.9. The largest absolute Gasteiger partial charge is 0.389 e. The standard InChI is InChI=1S/C10H21NO3S/c1-4-11(8-10(2,3)12)15(13,14)7-9-5-6-9/h9,12H,4-8H2,1-3H3. The van der Waals surface area contributed by atoms with E-state index in [1.54, 1.807) is 20.8 Å². The van der Waals surface area contributed by atoms with E-state index < -0.39 is 15.6 Å².